The second-order valence-electron chi connectivity index (χ2n) is 5.07. The van der Waals surface area contributed by atoms with Gasteiger partial charge >= 0.3 is 11.9 Å². The van der Waals surface area contributed by atoms with Crippen LogP contribution in [0.4, 0.5) is 17.1 Å². The van der Waals surface area contributed by atoms with E-state index in [2.05, 4.69) is 15.8 Å². The zero-order chi connectivity index (χ0) is 18.1. The number of fused-ring (bicyclic) bond motifs is 1. The summed E-state index contributed by atoms with van der Waals surface area (Å²) in [6.07, 6.45) is 0.895. The van der Waals surface area contributed by atoms with Crippen molar-refractivity contribution in [1.82, 2.24) is 9.55 Å². The number of hydrogen-bond acceptors (Lipinski definition) is 8. The number of carbonyl (C=O) groups is 2. The lowest BCUT2D eigenvalue weighted by molar-refractivity contribution is -0.384. The third-order valence-electron chi connectivity index (χ3n) is 3.36. The third-order valence-corrected chi connectivity index (χ3v) is 3.36. The molecule has 0 radical (unpaired) electrons. The number of imidazole rings is 1. The summed E-state index contributed by atoms with van der Waals surface area (Å²) in [5.74, 6) is -2.36. The Balaban J connectivity index is 2.04. The van der Waals surface area contributed by atoms with Crippen LogP contribution in [-0.2, 0) is 20.8 Å². The summed E-state index contributed by atoms with van der Waals surface area (Å²) in [4.78, 5) is 41.2. The van der Waals surface area contributed by atoms with Crippen LogP contribution in [-0.4, -0.2) is 42.9 Å². The highest BCUT2D eigenvalue weighted by molar-refractivity contribution is 5.83. The zero-order valence-electron chi connectivity index (χ0n) is 12.4. The SMILES string of the molecule is O=C(O)Cc1cn(-c2cc3c(cc2[N+](=O)[O-])NOC(C(=O)O)N3)cn1. The van der Waals surface area contributed by atoms with Gasteiger partial charge in [0.15, 0.2) is 0 Å². The molecule has 0 bridgehead atoms. The lowest BCUT2D eigenvalue weighted by atomic mass is 10.2. The summed E-state index contributed by atoms with van der Waals surface area (Å²) in [7, 11) is 0. The van der Waals surface area contributed by atoms with E-state index in [0.29, 0.717) is 0 Å². The lowest BCUT2D eigenvalue weighted by Crippen LogP contribution is -2.37. The molecule has 1 aliphatic rings. The molecule has 130 valence electrons. The van der Waals surface area contributed by atoms with Crippen molar-refractivity contribution in [2.75, 3.05) is 10.8 Å². The predicted molar refractivity (Wildman–Crippen MR) is 81.3 cm³/mol. The van der Waals surface area contributed by atoms with Crippen molar-refractivity contribution >= 4 is 29.0 Å². The molecular formula is C13H11N5O7. The fourth-order valence-electron chi connectivity index (χ4n) is 2.28. The van der Waals surface area contributed by atoms with Crippen molar-refractivity contribution in [3.63, 3.8) is 0 Å². The summed E-state index contributed by atoms with van der Waals surface area (Å²) in [6.45, 7) is 0. The van der Waals surface area contributed by atoms with Gasteiger partial charge in [0, 0.05) is 12.3 Å². The first kappa shape index (κ1) is 16.2. The Labute approximate surface area is 138 Å². The minimum absolute atomic E-state index is 0.0910. The van der Waals surface area contributed by atoms with Crippen LogP contribution in [0.1, 0.15) is 5.69 Å². The fourth-order valence-corrected chi connectivity index (χ4v) is 2.28. The van der Waals surface area contributed by atoms with Crippen molar-refractivity contribution in [2.45, 2.75) is 12.6 Å². The largest absolute Gasteiger partial charge is 0.481 e. The van der Waals surface area contributed by atoms with Crippen LogP contribution in [0.5, 0.6) is 0 Å². The summed E-state index contributed by atoms with van der Waals surface area (Å²) in [5, 5.41) is 31.7. The molecular weight excluding hydrogens is 338 g/mol. The first-order valence-electron chi connectivity index (χ1n) is 6.83. The number of hydrogen-bond donors (Lipinski definition) is 4. The monoisotopic (exact) mass is 349 g/mol. The van der Waals surface area contributed by atoms with E-state index in [0.717, 1.165) is 0 Å². The Kier molecular flexibility index (Phi) is 3.94. The number of aliphatic carboxylic acids is 2. The molecule has 0 saturated heterocycles. The summed E-state index contributed by atoms with van der Waals surface area (Å²) in [5.41, 5.74) is 2.82. The van der Waals surface area contributed by atoms with Crippen molar-refractivity contribution < 1.29 is 29.6 Å². The number of rotatable bonds is 5. The summed E-state index contributed by atoms with van der Waals surface area (Å²) >= 11 is 0. The van der Waals surface area contributed by atoms with E-state index in [9.17, 15) is 19.7 Å². The average molecular weight is 349 g/mol. The van der Waals surface area contributed by atoms with Gasteiger partial charge in [-0.05, 0) is 6.07 Å². The highest BCUT2D eigenvalue weighted by Crippen LogP contribution is 2.36. The molecule has 0 aliphatic carbocycles. The topological polar surface area (TPSA) is 169 Å². The minimum Gasteiger partial charge on any atom is -0.481 e. The van der Waals surface area contributed by atoms with Gasteiger partial charge in [-0.2, -0.15) is 0 Å². The van der Waals surface area contributed by atoms with Gasteiger partial charge in [0.05, 0.1) is 34.7 Å². The lowest BCUT2D eigenvalue weighted by Gasteiger charge is -2.25. The fraction of sp³-hybridized carbons (Fsp3) is 0.154. The van der Waals surface area contributed by atoms with Crippen LogP contribution >= 0.6 is 0 Å². The number of carboxylic acids is 2. The molecule has 1 atom stereocenters. The average Bonchev–Trinajstić information content (AvgIpc) is 3.00. The van der Waals surface area contributed by atoms with Gasteiger partial charge in [-0.3, -0.25) is 25.0 Å². The molecule has 12 nitrogen and oxygen atoms in total. The molecule has 4 N–H and O–H groups in total. The van der Waals surface area contributed by atoms with Crippen molar-refractivity contribution in [2.24, 2.45) is 0 Å². The van der Waals surface area contributed by atoms with E-state index in [-0.39, 0.29) is 34.9 Å². The predicted octanol–water partition coefficient (Wildman–Crippen LogP) is 0.587. The number of nitrogens with one attached hydrogen (secondary N) is 2. The van der Waals surface area contributed by atoms with Crippen LogP contribution in [0.3, 0.4) is 0 Å². The number of anilines is 2. The maximum Gasteiger partial charge on any atom is 0.356 e. The van der Waals surface area contributed by atoms with Crippen LogP contribution in [0.15, 0.2) is 24.7 Å². The number of nitro benzene ring substituents is 1. The van der Waals surface area contributed by atoms with Gasteiger partial charge in [0.1, 0.15) is 5.69 Å². The van der Waals surface area contributed by atoms with E-state index in [1.807, 2.05) is 0 Å². The quantitative estimate of drug-likeness (QED) is 0.442. The molecule has 0 amide bonds. The smallest absolute Gasteiger partial charge is 0.356 e. The van der Waals surface area contributed by atoms with E-state index in [4.69, 9.17) is 15.1 Å². The molecule has 0 spiro atoms. The first-order valence-corrected chi connectivity index (χ1v) is 6.83. The minimum atomic E-state index is -1.37. The number of nitrogens with zero attached hydrogens (tertiary/aromatic N) is 3. The molecule has 1 aromatic carbocycles. The zero-order valence-corrected chi connectivity index (χ0v) is 12.4. The highest BCUT2D eigenvalue weighted by Gasteiger charge is 2.28. The van der Waals surface area contributed by atoms with Crippen LogP contribution < -0.4 is 10.8 Å². The van der Waals surface area contributed by atoms with Crippen LogP contribution in [0.2, 0.25) is 0 Å². The molecule has 3 rings (SSSR count). The Morgan fingerprint density at radius 3 is 2.76 bits per heavy atom. The van der Waals surface area contributed by atoms with Gasteiger partial charge in [0.25, 0.3) is 11.9 Å². The third kappa shape index (κ3) is 3.18. The van der Waals surface area contributed by atoms with Gasteiger partial charge < -0.3 is 15.5 Å². The molecule has 1 unspecified atom stereocenters. The second-order valence-corrected chi connectivity index (χ2v) is 5.07. The number of benzene rings is 1. The Hall–Kier alpha value is -3.67. The van der Waals surface area contributed by atoms with Gasteiger partial charge in [0.2, 0.25) is 0 Å². The molecule has 2 heterocycles. The summed E-state index contributed by atoms with van der Waals surface area (Å²) in [6, 6.07) is 2.53. The summed E-state index contributed by atoms with van der Waals surface area (Å²) < 4.78 is 1.30. The van der Waals surface area contributed by atoms with Crippen LogP contribution in [0, 0.1) is 10.1 Å². The number of carboxylic acid groups (broad SMARTS) is 2. The van der Waals surface area contributed by atoms with E-state index in [1.165, 1.54) is 29.2 Å². The standard InChI is InChI=1S/C13H11N5O7/c19-11(20)1-6-4-17(5-14-6)9-2-7-8(3-10(9)18(23)24)16-25-12(15-7)13(21)22/h2-5,12,15-16H,1H2,(H,19,20)(H,21,22). The maximum atomic E-state index is 11.3. The van der Waals surface area contributed by atoms with Crippen molar-refractivity contribution in [1.29, 1.82) is 0 Å². The first-order chi connectivity index (χ1) is 11.8. The Morgan fingerprint density at radius 2 is 2.12 bits per heavy atom. The molecule has 12 heteroatoms. The Morgan fingerprint density at radius 1 is 1.36 bits per heavy atom. The van der Waals surface area contributed by atoms with E-state index in [1.54, 1.807) is 0 Å². The molecule has 1 aromatic heterocycles. The van der Waals surface area contributed by atoms with Gasteiger partial charge in [-0.25, -0.2) is 14.6 Å². The van der Waals surface area contributed by atoms with Gasteiger partial charge in [-0.15, -0.1) is 0 Å². The van der Waals surface area contributed by atoms with Crippen LogP contribution in [0.25, 0.3) is 5.69 Å². The molecule has 0 saturated carbocycles. The van der Waals surface area contributed by atoms with Gasteiger partial charge in [-0.1, -0.05) is 0 Å². The second kappa shape index (κ2) is 6.09. The molecule has 0 fully saturated rings. The normalized spacial score (nSPS) is 15.6. The highest BCUT2D eigenvalue weighted by atomic mass is 16.7. The Bertz CT molecular complexity index is 878. The van der Waals surface area contributed by atoms with E-state index >= 15 is 0 Å². The number of aromatic nitrogens is 2. The molecule has 25 heavy (non-hydrogen) atoms. The van der Waals surface area contributed by atoms with Crippen molar-refractivity contribution in [3.05, 3.63) is 40.5 Å². The molecule has 2 aromatic rings. The van der Waals surface area contributed by atoms with E-state index < -0.39 is 23.1 Å². The maximum absolute atomic E-state index is 11.3. The van der Waals surface area contributed by atoms with Crippen molar-refractivity contribution in [3.8, 4) is 5.69 Å². The molecule has 1 aliphatic heterocycles. The number of nitro groups is 1.